The van der Waals surface area contributed by atoms with Crippen LogP contribution in [0.25, 0.3) is 0 Å². The first-order valence-corrected chi connectivity index (χ1v) is 8.58. The molecule has 2 aromatic rings. The van der Waals surface area contributed by atoms with E-state index in [1.165, 1.54) is 29.1 Å². The first-order valence-electron chi connectivity index (χ1n) is 6.82. The number of unbranched alkanes of at least 4 members (excludes halogenated alkanes) is 1. The number of thioether (sulfide) groups is 2. The second-order valence-electron chi connectivity index (χ2n) is 4.43. The van der Waals surface area contributed by atoms with Gasteiger partial charge >= 0.3 is 0 Å². The summed E-state index contributed by atoms with van der Waals surface area (Å²) in [5.41, 5.74) is 0. The fourth-order valence-corrected chi connectivity index (χ4v) is 4.48. The maximum absolute atomic E-state index is 2.26. The molecular formula is C17H20S2. The van der Waals surface area contributed by atoms with Gasteiger partial charge in [0.1, 0.15) is 0 Å². The normalized spacial score (nSPS) is 10.8. The average Bonchev–Trinajstić information content (AvgIpc) is 2.47. The Labute approximate surface area is 125 Å². The molecule has 0 amide bonds. The SMILES string of the molecule is CCCCC(Sc1ccccc1)Sc1ccccc1. The van der Waals surface area contributed by atoms with Crippen LogP contribution in [0, 0.1) is 0 Å². The smallest absolute Gasteiger partial charge is 0.0596 e. The van der Waals surface area contributed by atoms with Crippen molar-refractivity contribution in [1.29, 1.82) is 0 Å². The largest absolute Gasteiger partial charge is 0.111 e. The first-order chi connectivity index (χ1) is 9.38. The third-order valence-electron chi connectivity index (χ3n) is 2.81. The molecular weight excluding hydrogens is 268 g/mol. The molecule has 0 aliphatic heterocycles. The van der Waals surface area contributed by atoms with Gasteiger partial charge in [0.25, 0.3) is 0 Å². The van der Waals surface area contributed by atoms with Crippen molar-refractivity contribution in [3.05, 3.63) is 60.7 Å². The molecule has 0 bridgehead atoms. The molecule has 0 atom stereocenters. The van der Waals surface area contributed by atoms with E-state index >= 15 is 0 Å². The second kappa shape index (κ2) is 8.34. The van der Waals surface area contributed by atoms with Gasteiger partial charge in [0.15, 0.2) is 0 Å². The maximum Gasteiger partial charge on any atom is 0.0596 e. The van der Waals surface area contributed by atoms with Gasteiger partial charge in [0.05, 0.1) is 4.58 Å². The molecule has 0 fully saturated rings. The van der Waals surface area contributed by atoms with Crippen LogP contribution < -0.4 is 0 Å². The highest BCUT2D eigenvalue weighted by Crippen LogP contribution is 2.38. The molecule has 0 spiro atoms. The van der Waals surface area contributed by atoms with Crippen LogP contribution in [0.3, 0.4) is 0 Å². The van der Waals surface area contributed by atoms with E-state index in [1.807, 2.05) is 23.5 Å². The van der Waals surface area contributed by atoms with E-state index in [0.717, 1.165) is 0 Å². The van der Waals surface area contributed by atoms with Crippen molar-refractivity contribution in [2.45, 2.75) is 40.6 Å². The monoisotopic (exact) mass is 288 g/mol. The summed E-state index contributed by atoms with van der Waals surface area (Å²) in [5, 5.41) is 0. The van der Waals surface area contributed by atoms with Crippen molar-refractivity contribution >= 4 is 23.5 Å². The van der Waals surface area contributed by atoms with Gasteiger partial charge < -0.3 is 0 Å². The zero-order valence-electron chi connectivity index (χ0n) is 11.3. The molecule has 0 heterocycles. The van der Waals surface area contributed by atoms with E-state index in [4.69, 9.17) is 0 Å². The fourth-order valence-electron chi connectivity index (χ4n) is 1.81. The van der Waals surface area contributed by atoms with E-state index in [9.17, 15) is 0 Å². The Morgan fingerprint density at radius 1 is 0.789 bits per heavy atom. The molecule has 0 unspecified atom stereocenters. The molecule has 0 radical (unpaired) electrons. The van der Waals surface area contributed by atoms with E-state index in [1.54, 1.807) is 0 Å². The van der Waals surface area contributed by atoms with Crippen LogP contribution in [0.1, 0.15) is 26.2 Å². The molecule has 2 rings (SSSR count). The highest BCUT2D eigenvalue weighted by molar-refractivity contribution is 8.17. The van der Waals surface area contributed by atoms with Crippen LogP contribution in [0.2, 0.25) is 0 Å². The Bertz CT molecular complexity index is 412. The third-order valence-corrected chi connectivity index (χ3v) is 5.48. The minimum Gasteiger partial charge on any atom is -0.111 e. The summed E-state index contributed by atoms with van der Waals surface area (Å²) in [5.74, 6) is 0. The topological polar surface area (TPSA) is 0 Å². The number of hydrogen-bond donors (Lipinski definition) is 0. The highest BCUT2D eigenvalue weighted by atomic mass is 32.2. The quantitative estimate of drug-likeness (QED) is 0.447. The van der Waals surface area contributed by atoms with E-state index in [0.29, 0.717) is 4.58 Å². The van der Waals surface area contributed by atoms with Crippen molar-refractivity contribution < 1.29 is 0 Å². The van der Waals surface area contributed by atoms with Crippen LogP contribution in [0.5, 0.6) is 0 Å². The van der Waals surface area contributed by atoms with E-state index in [-0.39, 0.29) is 0 Å². The maximum atomic E-state index is 2.26. The Morgan fingerprint density at radius 3 is 1.68 bits per heavy atom. The Balaban J connectivity index is 1.99. The molecule has 0 saturated heterocycles. The van der Waals surface area contributed by atoms with E-state index in [2.05, 4.69) is 67.6 Å². The van der Waals surface area contributed by atoms with Gasteiger partial charge in [-0.15, -0.1) is 23.5 Å². The summed E-state index contributed by atoms with van der Waals surface area (Å²) in [6, 6.07) is 21.4. The molecule has 19 heavy (non-hydrogen) atoms. The third kappa shape index (κ3) is 5.33. The molecule has 2 heteroatoms. The zero-order valence-corrected chi connectivity index (χ0v) is 12.9. The number of rotatable bonds is 7. The predicted molar refractivity (Wildman–Crippen MR) is 87.9 cm³/mol. The lowest BCUT2D eigenvalue weighted by Crippen LogP contribution is -1.96. The molecule has 0 aliphatic rings. The summed E-state index contributed by atoms with van der Waals surface area (Å²) < 4.78 is 0.602. The summed E-state index contributed by atoms with van der Waals surface area (Å²) in [6.45, 7) is 2.26. The predicted octanol–water partition coefficient (Wildman–Crippen LogP) is 6.09. The van der Waals surface area contributed by atoms with Gasteiger partial charge in [-0.05, 0) is 30.7 Å². The fraction of sp³-hybridized carbons (Fsp3) is 0.294. The second-order valence-corrected chi connectivity index (χ2v) is 7.28. The van der Waals surface area contributed by atoms with Gasteiger partial charge in [-0.1, -0.05) is 56.2 Å². The molecule has 100 valence electrons. The average molecular weight is 288 g/mol. The molecule has 0 N–H and O–H groups in total. The summed E-state index contributed by atoms with van der Waals surface area (Å²) in [7, 11) is 0. The molecule has 0 aromatic heterocycles. The van der Waals surface area contributed by atoms with Gasteiger partial charge in [-0.3, -0.25) is 0 Å². The standard InChI is InChI=1S/C17H20S2/c1-2-3-14-17(18-15-10-6-4-7-11-15)19-16-12-8-5-9-13-16/h4-13,17H,2-3,14H2,1H3. The molecule has 0 nitrogen and oxygen atoms in total. The molecule has 0 saturated carbocycles. The Kier molecular flexibility index (Phi) is 6.38. The van der Waals surface area contributed by atoms with Crippen LogP contribution in [-0.4, -0.2) is 4.58 Å². The summed E-state index contributed by atoms with van der Waals surface area (Å²) in [6.07, 6.45) is 3.82. The van der Waals surface area contributed by atoms with Crippen molar-refractivity contribution in [2.75, 3.05) is 0 Å². The minimum absolute atomic E-state index is 0.602. The van der Waals surface area contributed by atoms with Crippen molar-refractivity contribution in [3.8, 4) is 0 Å². The summed E-state index contributed by atoms with van der Waals surface area (Å²) >= 11 is 3.97. The van der Waals surface area contributed by atoms with Crippen LogP contribution >= 0.6 is 23.5 Å². The first kappa shape index (κ1) is 14.5. The van der Waals surface area contributed by atoms with Gasteiger partial charge in [0, 0.05) is 9.79 Å². The number of hydrogen-bond acceptors (Lipinski definition) is 2. The Morgan fingerprint density at radius 2 is 1.26 bits per heavy atom. The van der Waals surface area contributed by atoms with Crippen molar-refractivity contribution in [1.82, 2.24) is 0 Å². The van der Waals surface area contributed by atoms with E-state index < -0.39 is 0 Å². The van der Waals surface area contributed by atoms with Gasteiger partial charge in [-0.2, -0.15) is 0 Å². The molecule has 2 aromatic carbocycles. The van der Waals surface area contributed by atoms with Crippen molar-refractivity contribution in [2.24, 2.45) is 0 Å². The Hall–Kier alpha value is -0.860. The van der Waals surface area contributed by atoms with Gasteiger partial charge in [-0.25, -0.2) is 0 Å². The lowest BCUT2D eigenvalue weighted by molar-refractivity contribution is 0.763. The lowest BCUT2D eigenvalue weighted by atomic mass is 10.3. The lowest BCUT2D eigenvalue weighted by Gasteiger charge is -2.16. The number of benzene rings is 2. The highest BCUT2D eigenvalue weighted by Gasteiger charge is 2.11. The zero-order chi connectivity index (χ0) is 13.3. The van der Waals surface area contributed by atoms with Crippen LogP contribution in [0.15, 0.2) is 70.5 Å². The van der Waals surface area contributed by atoms with Crippen LogP contribution in [0.4, 0.5) is 0 Å². The molecule has 0 aliphatic carbocycles. The minimum atomic E-state index is 0.602. The van der Waals surface area contributed by atoms with Gasteiger partial charge in [0.2, 0.25) is 0 Å². The van der Waals surface area contributed by atoms with Crippen molar-refractivity contribution in [3.63, 3.8) is 0 Å². The summed E-state index contributed by atoms with van der Waals surface area (Å²) in [4.78, 5) is 2.74. The van der Waals surface area contributed by atoms with Crippen LogP contribution in [-0.2, 0) is 0 Å².